The molecule has 0 spiro atoms. The Labute approximate surface area is 144 Å². The molecule has 0 N–H and O–H groups in total. The van der Waals surface area contributed by atoms with Gasteiger partial charge < -0.3 is 9.64 Å². The Morgan fingerprint density at radius 2 is 2.08 bits per heavy atom. The van der Waals surface area contributed by atoms with Crippen LogP contribution in [0.4, 0.5) is 15.8 Å². The van der Waals surface area contributed by atoms with E-state index in [1.807, 2.05) is 31.2 Å². The van der Waals surface area contributed by atoms with Gasteiger partial charge in [0, 0.05) is 23.9 Å². The number of carbonyl (C=O) groups is 1. The maximum atomic E-state index is 13.4. The molecule has 2 aromatic carbocycles. The van der Waals surface area contributed by atoms with Crippen LogP contribution < -0.4 is 9.64 Å². The van der Waals surface area contributed by atoms with Crippen molar-refractivity contribution in [2.24, 2.45) is 0 Å². The number of fused-ring (bicyclic) bond motifs is 1. The molecule has 1 amide bonds. The molecule has 0 radical (unpaired) electrons. The zero-order valence-corrected chi connectivity index (χ0v) is 13.8. The van der Waals surface area contributed by atoms with E-state index in [1.54, 1.807) is 4.90 Å². The number of ether oxygens (including phenoxy) is 1. The normalized spacial score (nSPS) is 17.1. The highest BCUT2D eigenvalue weighted by molar-refractivity contribution is 5.99. The minimum Gasteiger partial charge on any atom is -0.474 e. The summed E-state index contributed by atoms with van der Waals surface area (Å²) < 4.78 is 18.9. The van der Waals surface area contributed by atoms with Crippen LogP contribution in [0.3, 0.4) is 0 Å². The fraction of sp³-hybridized carbons (Fsp3) is 0.278. The second kappa shape index (κ2) is 6.51. The molecule has 1 aliphatic rings. The first-order chi connectivity index (χ1) is 11.9. The molecule has 1 heterocycles. The Balaban J connectivity index is 1.85. The summed E-state index contributed by atoms with van der Waals surface area (Å²) in [6, 6.07) is 10.5. The van der Waals surface area contributed by atoms with Gasteiger partial charge in [0.25, 0.3) is 5.91 Å². The van der Waals surface area contributed by atoms with E-state index in [4.69, 9.17) is 4.74 Å². The molecule has 0 bridgehead atoms. The molecular weight excluding hydrogens is 327 g/mol. The van der Waals surface area contributed by atoms with Gasteiger partial charge in [-0.1, -0.05) is 18.2 Å². The van der Waals surface area contributed by atoms with Crippen LogP contribution >= 0.6 is 0 Å². The van der Waals surface area contributed by atoms with E-state index in [0.29, 0.717) is 0 Å². The summed E-state index contributed by atoms with van der Waals surface area (Å²) in [5, 5.41) is 11.1. The van der Waals surface area contributed by atoms with Crippen molar-refractivity contribution in [1.29, 1.82) is 0 Å². The summed E-state index contributed by atoms with van der Waals surface area (Å²) in [5.41, 5.74) is 1.49. The Morgan fingerprint density at radius 1 is 1.36 bits per heavy atom. The third-order valence-electron chi connectivity index (χ3n) is 4.21. The number of nitro benzene ring substituents is 1. The molecule has 2 atom stereocenters. The number of nitrogens with zero attached hydrogens (tertiary/aromatic N) is 2. The van der Waals surface area contributed by atoms with E-state index in [1.165, 1.54) is 6.92 Å². The zero-order valence-electron chi connectivity index (χ0n) is 13.8. The Kier molecular flexibility index (Phi) is 4.39. The molecule has 2 aromatic rings. The minimum absolute atomic E-state index is 0.0431. The van der Waals surface area contributed by atoms with Crippen LogP contribution in [-0.2, 0) is 11.2 Å². The minimum atomic E-state index is -0.992. The lowest BCUT2D eigenvalue weighted by molar-refractivity contribution is -0.386. The monoisotopic (exact) mass is 344 g/mol. The predicted octanol–water partition coefficient (Wildman–Crippen LogP) is 3.48. The van der Waals surface area contributed by atoms with Gasteiger partial charge in [-0.2, -0.15) is 0 Å². The lowest BCUT2D eigenvalue weighted by atomic mass is 10.1. The first-order valence-electron chi connectivity index (χ1n) is 7.90. The van der Waals surface area contributed by atoms with Gasteiger partial charge >= 0.3 is 5.69 Å². The van der Waals surface area contributed by atoms with E-state index in [9.17, 15) is 19.3 Å². The lowest BCUT2D eigenvalue weighted by Crippen LogP contribution is -2.43. The third-order valence-corrected chi connectivity index (χ3v) is 4.21. The van der Waals surface area contributed by atoms with Gasteiger partial charge in [-0.3, -0.25) is 14.9 Å². The fourth-order valence-electron chi connectivity index (χ4n) is 3.07. The zero-order chi connectivity index (χ0) is 18.1. The van der Waals surface area contributed by atoms with Crippen molar-refractivity contribution in [2.75, 3.05) is 4.90 Å². The molecule has 0 fully saturated rings. The van der Waals surface area contributed by atoms with Crippen molar-refractivity contribution >= 4 is 17.3 Å². The Hall–Kier alpha value is -2.96. The lowest BCUT2D eigenvalue weighted by Gasteiger charge is -2.26. The maximum Gasteiger partial charge on any atom is 0.311 e. The topological polar surface area (TPSA) is 72.7 Å². The number of carbonyl (C=O) groups excluding carboxylic acids is 1. The molecule has 25 heavy (non-hydrogen) atoms. The molecule has 2 unspecified atom stereocenters. The average molecular weight is 344 g/mol. The molecule has 3 rings (SSSR count). The highest BCUT2D eigenvalue weighted by Gasteiger charge is 2.34. The first-order valence-corrected chi connectivity index (χ1v) is 7.90. The second-order valence-corrected chi connectivity index (χ2v) is 6.02. The maximum absolute atomic E-state index is 13.4. The number of hydrogen-bond acceptors (Lipinski definition) is 4. The van der Waals surface area contributed by atoms with Crippen molar-refractivity contribution in [3.63, 3.8) is 0 Å². The highest BCUT2D eigenvalue weighted by atomic mass is 19.1. The van der Waals surface area contributed by atoms with E-state index >= 15 is 0 Å². The van der Waals surface area contributed by atoms with Crippen molar-refractivity contribution in [1.82, 2.24) is 0 Å². The molecule has 7 heteroatoms. The molecule has 1 aliphatic heterocycles. The average Bonchev–Trinajstić information content (AvgIpc) is 2.89. The fourth-order valence-corrected chi connectivity index (χ4v) is 3.07. The van der Waals surface area contributed by atoms with Crippen molar-refractivity contribution < 1.29 is 18.8 Å². The van der Waals surface area contributed by atoms with Gasteiger partial charge in [0.2, 0.25) is 5.75 Å². The van der Waals surface area contributed by atoms with E-state index in [-0.39, 0.29) is 23.4 Å². The van der Waals surface area contributed by atoms with Gasteiger partial charge in [0.1, 0.15) is 5.82 Å². The highest BCUT2D eigenvalue weighted by Crippen LogP contribution is 2.33. The van der Waals surface area contributed by atoms with Crippen LogP contribution in [0.5, 0.6) is 5.75 Å². The van der Waals surface area contributed by atoms with Gasteiger partial charge in [-0.15, -0.1) is 0 Å². The third kappa shape index (κ3) is 3.17. The summed E-state index contributed by atoms with van der Waals surface area (Å²) in [5.74, 6) is -1.25. The second-order valence-electron chi connectivity index (χ2n) is 6.02. The molecule has 0 saturated heterocycles. The van der Waals surface area contributed by atoms with Gasteiger partial charge in [-0.05, 0) is 38.0 Å². The predicted molar refractivity (Wildman–Crippen MR) is 90.2 cm³/mol. The Morgan fingerprint density at radius 3 is 2.80 bits per heavy atom. The largest absolute Gasteiger partial charge is 0.474 e. The van der Waals surface area contributed by atoms with Gasteiger partial charge in [0.15, 0.2) is 6.10 Å². The van der Waals surface area contributed by atoms with Gasteiger partial charge in [-0.25, -0.2) is 4.39 Å². The van der Waals surface area contributed by atoms with Crippen LogP contribution in [0.2, 0.25) is 0 Å². The summed E-state index contributed by atoms with van der Waals surface area (Å²) in [4.78, 5) is 24.9. The van der Waals surface area contributed by atoms with E-state index in [2.05, 4.69) is 0 Å². The van der Waals surface area contributed by atoms with E-state index < -0.39 is 16.8 Å². The summed E-state index contributed by atoms with van der Waals surface area (Å²) in [6.07, 6.45) is -0.261. The number of anilines is 1. The van der Waals surface area contributed by atoms with Crippen LogP contribution in [-0.4, -0.2) is 23.0 Å². The standard InChI is InChI=1S/C18H17FN2O4/c1-11-9-13-5-3-4-6-15(13)20(11)18(22)12(2)25-17-10-14(19)7-8-16(17)21(23)24/h3-8,10-12H,9H2,1-2H3. The number of halogens is 1. The smallest absolute Gasteiger partial charge is 0.311 e. The Bertz CT molecular complexity index is 840. The first kappa shape index (κ1) is 16.9. The summed E-state index contributed by atoms with van der Waals surface area (Å²) in [6.45, 7) is 3.43. The molecule has 0 saturated carbocycles. The number of nitro groups is 1. The van der Waals surface area contributed by atoms with Crippen LogP contribution in [0, 0.1) is 15.9 Å². The SMILES string of the molecule is CC(Oc1cc(F)ccc1[N+](=O)[O-])C(=O)N1c2ccccc2CC1C. The van der Waals surface area contributed by atoms with Crippen molar-refractivity contribution in [3.05, 3.63) is 64.0 Å². The van der Waals surface area contributed by atoms with Gasteiger partial charge in [0.05, 0.1) is 4.92 Å². The molecule has 0 aromatic heterocycles. The van der Waals surface area contributed by atoms with E-state index in [0.717, 1.165) is 35.9 Å². The van der Waals surface area contributed by atoms with Crippen molar-refractivity contribution in [3.8, 4) is 5.75 Å². The van der Waals surface area contributed by atoms with Crippen LogP contribution in [0.25, 0.3) is 0 Å². The number of hydrogen-bond donors (Lipinski definition) is 0. The summed E-state index contributed by atoms with van der Waals surface area (Å²) in [7, 11) is 0. The number of amides is 1. The quantitative estimate of drug-likeness (QED) is 0.629. The number of rotatable bonds is 4. The van der Waals surface area contributed by atoms with Crippen LogP contribution in [0.15, 0.2) is 42.5 Å². The van der Waals surface area contributed by atoms with Crippen molar-refractivity contribution in [2.45, 2.75) is 32.4 Å². The molecular formula is C18H17FN2O4. The molecule has 0 aliphatic carbocycles. The van der Waals surface area contributed by atoms with Crippen LogP contribution in [0.1, 0.15) is 19.4 Å². The molecule has 6 nitrogen and oxygen atoms in total. The number of benzene rings is 2. The number of para-hydroxylation sites is 1. The molecule has 130 valence electrons. The summed E-state index contributed by atoms with van der Waals surface area (Å²) >= 11 is 0.